The Morgan fingerprint density at radius 1 is 1.41 bits per heavy atom. The summed E-state index contributed by atoms with van der Waals surface area (Å²) in [6, 6.07) is 3.27. The molecule has 22 heavy (non-hydrogen) atoms. The molecule has 1 aliphatic heterocycles. The molecule has 0 amide bonds. The van der Waals surface area contributed by atoms with Gasteiger partial charge < -0.3 is 5.32 Å². The summed E-state index contributed by atoms with van der Waals surface area (Å²) < 4.78 is 26.8. The van der Waals surface area contributed by atoms with E-state index in [0.29, 0.717) is 6.54 Å². The maximum Gasteiger partial charge on any atom is 0.290 e. The molecule has 0 saturated carbocycles. The van der Waals surface area contributed by atoms with Crippen molar-refractivity contribution in [3.63, 3.8) is 0 Å². The van der Waals surface area contributed by atoms with Crippen LogP contribution in [0.25, 0.3) is 0 Å². The Kier molecular flexibility index (Phi) is 6.17. The van der Waals surface area contributed by atoms with Gasteiger partial charge in [0.1, 0.15) is 0 Å². The maximum atomic E-state index is 12.7. The predicted octanol–water partition coefficient (Wildman–Crippen LogP) is 2.04. The molecular weight excluding hydrogens is 353 g/mol. The molecule has 2 rings (SSSR count). The molecule has 1 aliphatic rings. The van der Waals surface area contributed by atoms with Crippen LogP contribution < -0.4 is 5.32 Å². The number of rotatable bonds is 3. The van der Waals surface area contributed by atoms with Gasteiger partial charge in [0.05, 0.1) is 4.92 Å². The Labute approximate surface area is 140 Å². The Hall–Kier alpha value is -0.930. The molecule has 1 aromatic rings. The monoisotopic (exact) mass is 369 g/mol. The van der Waals surface area contributed by atoms with Crippen molar-refractivity contribution < 1.29 is 13.3 Å². The fourth-order valence-corrected chi connectivity index (χ4v) is 4.35. The van der Waals surface area contributed by atoms with Gasteiger partial charge in [-0.15, -0.1) is 12.4 Å². The van der Waals surface area contributed by atoms with Gasteiger partial charge in [-0.1, -0.05) is 11.6 Å². The Morgan fingerprint density at radius 3 is 2.64 bits per heavy atom. The van der Waals surface area contributed by atoms with Crippen LogP contribution in [-0.4, -0.2) is 42.8 Å². The average molecular weight is 370 g/mol. The standard InChI is InChI=1S/C12H16ClN3O4S.ClH/c1-8-9(2)15(6-5-14-8)21(19,20)12-4-3-10(13)7-11(12)16(17)18;/h3-4,7-9,14H,5-6H2,1-2H3;1H. The van der Waals surface area contributed by atoms with Crippen LogP contribution in [0.4, 0.5) is 5.69 Å². The summed E-state index contributed by atoms with van der Waals surface area (Å²) in [6.07, 6.45) is 0. The maximum absolute atomic E-state index is 12.7. The molecule has 1 heterocycles. The number of benzene rings is 1. The molecule has 0 aliphatic carbocycles. The summed E-state index contributed by atoms with van der Waals surface area (Å²) in [6.45, 7) is 4.43. The first-order valence-corrected chi connectivity index (χ1v) is 8.26. The van der Waals surface area contributed by atoms with Crippen molar-refractivity contribution >= 4 is 39.7 Å². The molecule has 124 valence electrons. The molecule has 0 bridgehead atoms. The van der Waals surface area contributed by atoms with E-state index in [1.807, 2.05) is 6.92 Å². The third-order valence-corrected chi connectivity index (χ3v) is 5.95. The van der Waals surface area contributed by atoms with Gasteiger partial charge in [0.15, 0.2) is 4.90 Å². The summed E-state index contributed by atoms with van der Waals surface area (Å²) in [5, 5.41) is 14.4. The summed E-state index contributed by atoms with van der Waals surface area (Å²) in [7, 11) is -3.94. The molecular formula is C12H17Cl2N3O4S. The molecule has 0 radical (unpaired) electrons. The highest BCUT2D eigenvalue weighted by molar-refractivity contribution is 7.89. The number of nitro benzene ring substituents is 1. The van der Waals surface area contributed by atoms with E-state index in [0.717, 1.165) is 6.07 Å². The lowest BCUT2D eigenvalue weighted by molar-refractivity contribution is -0.387. The van der Waals surface area contributed by atoms with Crippen LogP contribution in [0.15, 0.2) is 23.1 Å². The Balaban J connectivity index is 0.00000242. The molecule has 1 saturated heterocycles. The second-order valence-corrected chi connectivity index (χ2v) is 7.26. The lowest BCUT2D eigenvalue weighted by Crippen LogP contribution is -2.57. The summed E-state index contributed by atoms with van der Waals surface area (Å²) >= 11 is 5.73. The largest absolute Gasteiger partial charge is 0.311 e. The van der Waals surface area contributed by atoms with Crippen LogP contribution in [0.3, 0.4) is 0 Å². The summed E-state index contributed by atoms with van der Waals surface area (Å²) in [5.74, 6) is 0. The lowest BCUT2D eigenvalue weighted by atomic mass is 10.1. The fraction of sp³-hybridized carbons (Fsp3) is 0.500. The third-order valence-electron chi connectivity index (χ3n) is 3.68. The van der Waals surface area contributed by atoms with Gasteiger partial charge in [-0.25, -0.2) is 8.42 Å². The minimum Gasteiger partial charge on any atom is -0.311 e. The molecule has 1 N–H and O–H groups in total. The van der Waals surface area contributed by atoms with Crippen molar-refractivity contribution in [2.24, 2.45) is 0 Å². The van der Waals surface area contributed by atoms with E-state index >= 15 is 0 Å². The van der Waals surface area contributed by atoms with E-state index in [9.17, 15) is 18.5 Å². The van der Waals surface area contributed by atoms with Gasteiger partial charge in [0, 0.05) is 36.3 Å². The highest BCUT2D eigenvalue weighted by atomic mass is 35.5. The molecule has 2 atom stereocenters. The molecule has 0 spiro atoms. The Bertz CT molecular complexity index is 668. The van der Waals surface area contributed by atoms with E-state index in [2.05, 4.69) is 5.32 Å². The molecule has 1 aromatic carbocycles. The first kappa shape index (κ1) is 19.1. The van der Waals surface area contributed by atoms with Crippen LogP contribution in [0.5, 0.6) is 0 Å². The number of sulfonamides is 1. The highest BCUT2D eigenvalue weighted by Crippen LogP contribution is 2.31. The normalized spacial score (nSPS) is 22.9. The predicted molar refractivity (Wildman–Crippen MR) is 86.2 cm³/mol. The SMILES string of the molecule is CC1NCCN(S(=O)(=O)c2ccc(Cl)cc2[N+](=O)[O-])C1C.Cl. The van der Waals surface area contributed by atoms with Gasteiger partial charge in [-0.3, -0.25) is 10.1 Å². The van der Waals surface area contributed by atoms with Crippen LogP contribution >= 0.6 is 24.0 Å². The van der Waals surface area contributed by atoms with E-state index in [4.69, 9.17) is 11.6 Å². The second-order valence-electron chi connectivity index (χ2n) is 4.97. The fourth-order valence-electron chi connectivity index (χ4n) is 2.34. The van der Waals surface area contributed by atoms with Crippen LogP contribution in [-0.2, 0) is 10.0 Å². The zero-order chi connectivity index (χ0) is 15.8. The molecule has 0 aromatic heterocycles. The van der Waals surface area contributed by atoms with Crippen molar-refractivity contribution in [2.75, 3.05) is 13.1 Å². The molecule has 1 fully saturated rings. The van der Waals surface area contributed by atoms with E-state index in [1.54, 1.807) is 6.92 Å². The number of halogens is 2. The summed E-state index contributed by atoms with van der Waals surface area (Å²) in [5.41, 5.74) is -0.499. The van der Waals surface area contributed by atoms with Crippen molar-refractivity contribution in [3.8, 4) is 0 Å². The average Bonchev–Trinajstić information content (AvgIpc) is 2.41. The first-order valence-electron chi connectivity index (χ1n) is 6.44. The van der Waals surface area contributed by atoms with Gasteiger partial charge >= 0.3 is 0 Å². The highest BCUT2D eigenvalue weighted by Gasteiger charge is 2.38. The van der Waals surface area contributed by atoms with Crippen LogP contribution in [0.1, 0.15) is 13.8 Å². The van der Waals surface area contributed by atoms with Crippen molar-refractivity contribution in [1.82, 2.24) is 9.62 Å². The zero-order valence-corrected chi connectivity index (χ0v) is 14.4. The summed E-state index contributed by atoms with van der Waals surface area (Å²) in [4.78, 5) is 10.1. The van der Waals surface area contributed by atoms with Crippen LogP contribution in [0.2, 0.25) is 5.02 Å². The molecule has 2 unspecified atom stereocenters. The minimum absolute atomic E-state index is 0. The van der Waals surface area contributed by atoms with E-state index < -0.39 is 20.6 Å². The first-order chi connectivity index (χ1) is 9.75. The zero-order valence-electron chi connectivity index (χ0n) is 12.0. The van der Waals surface area contributed by atoms with Gasteiger partial charge in [-0.2, -0.15) is 4.31 Å². The van der Waals surface area contributed by atoms with Crippen LogP contribution in [0, 0.1) is 10.1 Å². The van der Waals surface area contributed by atoms with Gasteiger partial charge in [0.25, 0.3) is 5.69 Å². The van der Waals surface area contributed by atoms with Crippen molar-refractivity contribution in [1.29, 1.82) is 0 Å². The van der Waals surface area contributed by atoms with Gasteiger partial charge in [-0.05, 0) is 26.0 Å². The number of nitro groups is 1. The second kappa shape index (κ2) is 7.10. The lowest BCUT2D eigenvalue weighted by Gasteiger charge is -2.37. The topological polar surface area (TPSA) is 92.6 Å². The number of hydrogen-bond donors (Lipinski definition) is 1. The van der Waals surface area contributed by atoms with Crippen molar-refractivity contribution in [3.05, 3.63) is 33.3 Å². The Morgan fingerprint density at radius 2 is 2.05 bits per heavy atom. The number of nitrogens with one attached hydrogen (secondary N) is 1. The van der Waals surface area contributed by atoms with Crippen molar-refractivity contribution in [2.45, 2.75) is 30.8 Å². The molecule has 10 heteroatoms. The van der Waals surface area contributed by atoms with Gasteiger partial charge in [0.2, 0.25) is 10.0 Å². The smallest absolute Gasteiger partial charge is 0.290 e. The molecule has 7 nitrogen and oxygen atoms in total. The number of nitrogens with zero attached hydrogens (tertiary/aromatic N) is 2. The quantitative estimate of drug-likeness (QED) is 0.649. The number of piperazine rings is 1. The van der Waals surface area contributed by atoms with E-state index in [1.165, 1.54) is 16.4 Å². The van der Waals surface area contributed by atoms with E-state index in [-0.39, 0.29) is 41.0 Å². The third kappa shape index (κ3) is 3.52. The minimum atomic E-state index is -3.94. The number of hydrogen-bond acceptors (Lipinski definition) is 5.